The van der Waals surface area contributed by atoms with E-state index in [0.29, 0.717) is 11.1 Å². The average molecular weight is 269 g/mol. The third-order valence-corrected chi connectivity index (χ3v) is 3.84. The van der Waals surface area contributed by atoms with Crippen molar-refractivity contribution in [3.63, 3.8) is 0 Å². The Morgan fingerprint density at radius 1 is 1.50 bits per heavy atom. The first-order valence-corrected chi connectivity index (χ1v) is 7.42. The molecule has 100 valence electrons. The van der Waals surface area contributed by atoms with E-state index < -0.39 is 0 Å². The fourth-order valence-electron chi connectivity index (χ4n) is 1.92. The highest BCUT2D eigenvalue weighted by Crippen LogP contribution is 2.16. The highest BCUT2D eigenvalue weighted by atomic mass is 32.2. The zero-order valence-electron chi connectivity index (χ0n) is 11.4. The summed E-state index contributed by atoms with van der Waals surface area (Å²) < 4.78 is 13.0. The minimum atomic E-state index is -0.303. The highest BCUT2D eigenvalue weighted by Gasteiger charge is 2.20. The number of carbonyl (C=O) groups is 1. The van der Waals surface area contributed by atoms with Crippen molar-refractivity contribution >= 4 is 17.7 Å². The molecule has 18 heavy (non-hydrogen) atoms. The van der Waals surface area contributed by atoms with E-state index in [-0.39, 0.29) is 17.8 Å². The molecule has 0 spiro atoms. The van der Waals surface area contributed by atoms with Crippen LogP contribution < -0.4 is 0 Å². The summed E-state index contributed by atoms with van der Waals surface area (Å²) in [6.07, 6.45) is 2.95. The summed E-state index contributed by atoms with van der Waals surface area (Å²) in [7, 11) is 1.81. The van der Waals surface area contributed by atoms with Crippen molar-refractivity contribution in [3.05, 3.63) is 35.1 Å². The molecule has 0 aliphatic rings. The van der Waals surface area contributed by atoms with Gasteiger partial charge >= 0.3 is 0 Å². The number of benzene rings is 1. The smallest absolute Gasteiger partial charge is 0.254 e. The van der Waals surface area contributed by atoms with Gasteiger partial charge in [-0.3, -0.25) is 4.79 Å². The van der Waals surface area contributed by atoms with E-state index in [1.54, 1.807) is 29.7 Å². The zero-order chi connectivity index (χ0) is 13.7. The van der Waals surface area contributed by atoms with Crippen LogP contribution in [0.1, 0.15) is 29.3 Å². The molecular weight excluding hydrogens is 249 g/mol. The van der Waals surface area contributed by atoms with Gasteiger partial charge in [0.2, 0.25) is 0 Å². The SMILES string of the molecule is CCC(CSC)N(C)C(=O)c1ccc(F)cc1C. The fraction of sp³-hybridized carbons (Fsp3) is 0.500. The largest absolute Gasteiger partial charge is 0.338 e. The summed E-state index contributed by atoms with van der Waals surface area (Å²) >= 11 is 1.73. The molecule has 0 aliphatic heterocycles. The standard InChI is InChI=1S/C14H20FNOS/c1-5-12(9-18-4)16(3)14(17)13-7-6-11(15)8-10(13)2/h6-8,12H,5,9H2,1-4H3. The first-order valence-electron chi connectivity index (χ1n) is 6.03. The summed E-state index contributed by atoms with van der Waals surface area (Å²) in [6, 6.07) is 4.52. The number of hydrogen-bond acceptors (Lipinski definition) is 2. The molecule has 0 aliphatic carbocycles. The molecule has 1 unspecified atom stereocenters. The number of rotatable bonds is 5. The van der Waals surface area contributed by atoms with Crippen LogP contribution in [0.25, 0.3) is 0 Å². The molecule has 1 rings (SSSR count). The molecule has 2 nitrogen and oxygen atoms in total. The van der Waals surface area contributed by atoms with Crippen LogP contribution in [0.4, 0.5) is 4.39 Å². The van der Waals surface area contributed by atoms with Crippen LogP contribution in [-0.4, -0.2) is 35.9 Å². The van der Waals surface area contributed by atoms with Gasteiger partial charge in [-0.25, -0.2) is 4.39 Å². The number of carbonyl (C=O) groups excluding carboxylic acids is 1. The Morgan fingerprint density at radius 3 is 2.67 bits per heavy atom. The van der Waals surface area contributed by atoms with Crippen molar-refractivity contribution < 1.29 is 9.18 Å². The van der Waals surface area contributed by atoms with Crippen LogP contribution in [0, 0.1) is 12.7 Å². The van der Waals surface area contributed by atoms with Gasteiger partial charge in [-0.15, -0.1) is 0 Å². The molecular formula is C14H20FNOS. The third kappa shape index (κ3) is 3.48. The summed E-state index contributed by atoms with van der Waals surface area (Å²) in [6.45, 7) is 3.84. The highest BCUT2D eigenvalue weighted by molar-refractivity contribution is 7.98. The molecule has 1 atom stereocenters. The first-order chi connectivity index (χ1) is 8.51. The predicted octanol–water partition coefficient (Wildman–Crippen LogP) is 3.35. The fourth-order valence-corrected chi connectivity index (χ4v) is 2.76. The number of aryl methyl sites for hydroxylation is 1. The van der Waals surface area contributed by atoms with Crippen molar-refractivity contribution in [1.29, 1.82) is 0 Å². The number of nitrogens with zero attached hydrogens (tertiary/aromatic N) is 1. The van der Waals surface area contributed by atoms with Crippen LogP contribution in [-0.2, 0) is 0 Å². The molecule has 0 aromatic heterocycles. The van der Waals surface area contributed by atoms with Crippen molar-refractivity contribution in [3.8, 4) is 0 Å². The molecule has 0 heterocycles. The minimum absolute atomic E-state index is 0.0339. The van der Waals surface area contributed by atoms with Crippen molar-refractivity contribution in [2.75, 3.05) is 19.1 Å². The van der Waals surface area contributed by atoms with E-state index >= 15 is 0 Å². The molecule has 1 aromatic rings. The second kappa shape index (κ2) is 6.78. The van der Waals surface area contributed by atoms with Crippen LogP contribution in [0.15, 0.2) is 18.2 Å². The molecule has 0 fully saturated rings. The molecule has 0 N–H and O–H groups in total. The van der Waals surface area contributed by atoms with E-state index in [4.69, 9.17) is 0 Å². The minimum Gasteiger partial charge on any atom is -0.338 e. The van der Waals surface area contributed by atoms with Gasteiger partial charge < -0.3 is 4.90 Å². The third-order valence-electron chi connectivity index (χ3n) is 3.12. The van der Waals surface area contributed by atoms with Gasteiger partial charge in [0.15, 0.2) is 0 Å². The number of amides is 1. The zero-order valence-corrected chi connectivity index (χ0v) is 12.2. The molecule has 0 saturated carbocycles. The van der Waals surface area contributed by atoms with Crippen molar-refractivity contribution in [2.45, 2.75) is 26.3 Å². The Morgan fingerprint density at radius 2 is 2.17 bits per heavy atom. The van der Waals surface area contributed by atoms with Gasteiger partial charge in [0.1, 0.15) is 5.82 Å². The Hall–Kier alpha value is -1.03. The summed E-state index contributed by atoms with van der Waals surface area (Å²) in [4.78, 5) is 14.1. The van der Waals surface area contributed by atoms with E-state index in [2.05, 4.69) is 6.92 Å². The van der Waals surface area contributed by atoms with Gasteiger partial charge in [0.05, 0.1) is 0 Å². The maximum absolute atomic E-state index is 13.0. The van der Waals surface area contributed by atoms with Crippen LogP contribution in [0.3, 0.4) is 0 Å². The molecule has 0 bridgehead atoms. The molecule has 0 radical (unpaired) electrons. The second-order valence-electron chi connectivity index (χ2n) is 4.39. The molecule has 1 amide bonds. The monoisotopic (exact) mass is 269 g/mol. The van der Waals surface area contributed by atoms with Crippen molar-refractivity contribution in [1.82, 2.24) is 4.90 Å². The lowest BCUT2D eigenvalue weighted by Gasteiger charge is -2.27. The Kier molecular flexibility index (Phi) is 5.66. The molecule has 1 aromatic carbocycles. The van der Waals surface area contributed by atoms with Gasteiger partial charge in [-0.2, -0.15) is 11.8 Å². The maximum Gasteiger partial charge on any atom is 0.254 e. The van der Waals surface area contributed by atoms with Crippen LogP contribution in [0.2, 0.25) is 0 Å². The lowest BCUT2D eigenvalue weighted by atomic mass is 10.1. The number of halogens is 1. The van der Waals surface area contributed by atoms with E-state index in [0.717, 1.165) is 12.2 Å². The second-order valence-corrected chi connectivity index (χ2v) is 5.30. The van der Waals surface area contributed by atoms with E-state index in [9.17, 15) is 9.18 Å². The van der Waals surface area contributed by atoms with Crippen LogP contribution >= 0.6 is 11.8 Å². The van der Waals surface area contributed by atoms with Gasteiger partial charge in [0, 0.05) is 24.4 Å². The normalized spacial score (nSPS) is 12.3. The Labute approximate surface area is 113 Å². The van der Waals surface area contributed by atoms with Gasteiger partial charge in [-0.1, -0.05) is 6.92 Å². The number of thioether (sulfide) groups is 1. The quantitative estimate of drug-likeness (QED) is 0.817. The van der Waals surface area contributed by atoms with E-state index in [1.165, 1.54) is 12.1 Å². The summed E-state index contributed by atoms with van der Waals surface area (Å²) in [5, 5.41) is 0. The number of hydrogen-bond donors (Lipinski definition) is 0. The molecule has 4 heteroatoms. The first kappa shape index (κ1) is 15.0. The maximum atomic E-state index is 13.0. The molecule has 0 saturated heterocycles. The Bertz CT molecular complexity index is 422. The van der Waals surface area contributed by atoms with Gasteiger partial charge in [0.25, 0.3) is 5.91 Å². The summed E-state index contributed by atoms with van der Waals surface area (Å²) in [5.74, 6) is 0.579. The van der Waals surface area contributed by atoms with Gasteiger partial charge in [-0.05, 0) is 43.4 Å². The van der Waals surface area contributed by atoms with E-state index in [1.807, 2.05) is 13.3 Å². The van der Waals surface area contributed by atoms with Crippen LogP contribution in [0.5, 0.6) is 0 Å². The summed E-state index contributed by atoms with van der Waals surface area (Å²) in [5.41, 5.74) is 1.27. The topological polar surface area (TPSA) is 20.3 Å². The average Bonchev–Trinajstić information content (AvgIpc) is 2.34. The Balaban J connectivity index is 2.91. The lowest BCUT2D eigenvalue weighted by Crippen LogP contribution is -2.38. The predicted molar refractivity (Wildman–Crippen MR) is 75.7 cm³/mol. The lowest BCUT2D eigenvalue weighted by molar-refractivity contribution is 0.0743. The van der Waals surface area contributed by atoms with Crippen molar-refractivity contribution in [2.24, 2.45) is 0 Å².